The Kier molecular flexibility index (Phi) is 5.46. The molecule has 0 unspecified atom stereocenters. The zero-order chi connectivity index (χ0) is 17.5. The Labute approximate surface area is 146 Å². The van der Waals surface area contributed by atoms with Crippen LogP contribution in [0.2, 0.25) is 0 Å². The predicted molar refractivity (Wildman–Crippen MR) is 94.9 cm³/mol. The van der Waals surface area contributed by atoms with Crippen LogP contribution in [0, 0.1) is 0 Å². The van der Waals surface area contributed by atoms with E-state index in [2.05, 4.69) is 4.98 Å². The van der Waals surface area contributed by atoms with E-state index in [-0.39, 0.29) is 19.0 Å². The summed E-state index contributed by atoms with van der Waals surface area (Å²) in [5.41, 5.74) is 1.69. The van der Waals surface area contributed by atoms with Gasteiger partial charge in [0.25, 0.3) is 0 Å². The maximum atomic E-state index is 12.0. The van der Waals surface area contributed by atoms with Crippen LogP contribution >= 0.6 is 0 Å². The molecule has 0 radical (unpaired) electrons. The second-order valence-electron chi connectivity index (χ2n) is 5.41. The van der Waals surface area contributed by atoms with Gasteiger partial charge in [-0.1, -0.05) is 24.3 Å². The molecule has 1 aromatic heterocycles. The van der Waals surface area contributed by atoms with E-state index in [1.807, 2.05) is 54.6 Å². The number of methoxy groups -OCH3 is 1. The zero-order valence-electron chi connectivity index (χ0n) is 14.0. The van der Waals surface area contributed by atoms with E-state index >= 15 is 0 Å². The summed E-state index contributed by atoms with van der Waals surface area (Å²) in [7, 11) is 1.61. The van der Waals surface area contributed by atoms with Crippen molar-refractivity contribution in [3.8, 4) is 11.5 Å². The molecule has 0 atom stereocenters. The molecular weight excluding hydrogens is 318 g/mol. The van der Waals surface area contributed by atoms with Gasteiger partial charge in [-0.3, -0.25) is 9.78 Å². The third kappa shape index (κ3) is 4.47. The van der Waals surface area contributed by atoms with Crippen LogP contribution in [0.15, 0.2) is 60.8 Å². The monoisotopic (exact) mass is 337 g/mol. The average Bonchev–Trinajstić information content (AvgIpc) is 2.66. The zero-order valence-corrected chi connectivity index (χ0v) is 14.0. The first-order valence-corrected chi connectivity index (χ1v) is 8.01. The van der Waals surface area contributed by atoms with Crippen LogP contribution in [-0.2, 0) is 16.0 Å². The van der Waals surface area contributed by atoms with Crippen LogP contribution in [0.5, 0.6) is 11.5 Å². The Morgan fingerprint density at radius 3 is 2.52 bits per heavy atom. The summed E-state index contributed by atoms with van der Waals surface area (Å²) >= 11 is 0. The first-order chi connectivity index (χ1) is 12.3. The topological polar surface area (TPSA) is 57.7 Å². The minimum Gasteiger partial charge on any atom is -0.497 e. The van der Waals surface area contributed by atoms with Gasteiger partial charge in [0.15, 0.2) is 0 Å². The van der Waals surface area contributed by atoms with Gasteiger partial charge in [-0.15, -0.1) is 0 Å². The van der Waals surface area contributed by atoms with E-state index in [4.69, 9.17) is 14.2 Å². The van der Waals surface area contributed by atoms with Crippen LogP contribution in [0.3, 0.4) is 0 Å². The molecule has 2 aromatic carbocycles. The van der Waals surface area contributed by atoms with Crippen molar-refractivity contribution in [1.82, 2.24) is 4.98 Å². The lowest BCUT2D eigenvalue weighted by atomic mass is 10.1. The number of fused-ring (bicyclic) bond motifs is 1. The first kappa shape index (κ1) is 16.8. The standard InChI is InChI=1S/C20H19NO4/c1-23-17-7-9-18(10-8-17)24-12-13-25-19(22)14-16-5-2-4-15-6-3-11-21-20(15)16/h2-11H,12-14H2,1H3. The molecule has 1 heterocycles. The highest BCUT2D eigenvalue weighted by atomic mass is 16.6. The van der Waals surface area contributed by atoms with Crippen LogP contribution in [0.4, 0.5) is 0 Å². The van der Waals surface area contributed by atoms with Gasteiger partial charge in [-0.25, -0.2) is 0 Å². The molecule has 3 aromatic rings. The number of rotatable bonds is 7. The first-order valence-electron chi connectivity index (χ1n) is 8.01. The average molecular weight is 337 g/mol. The molecule has 0 spiro atoms. The van der Waals surface area contributed by atoms with Crippen molar-refractivity contribution in [3.05, 3.63) is 66.4 Å². The molecule has 3 rings (SSSR count). The third-order valence-electron chi connectivity index (χ3n) is 3.73. The van der Waals surface area contributed by atoms with E-state index in [0.29, 0.717) is 12.4 Å². The Morgan fingerprint density at radius 2 is 1.72 bits per heavy atom. The second kappa shape index (κ2) is 8.15. The minimum absolute atomic E-state index is 0.191. The second-order valence-corrected chi connectivity index (χ2v) is 5.41. The highest BCUT2D eigenvalue weighted by Gasteiger charge is 2.09. The molecule has 0 aliphatic carbocycles. The summed E-state index contributed by atoms with van der Waals surface area (Å²) in [6.07, 6.45) is 1.91. The van der Waals surface area contributed by atoms with Gasteiger partial charge >= 0.3 is 5.97 Å². The predicted octanol–water partition coefficient (Wildman–Crippen LogP) is 3.41. The lowest BCUT2D eigenvalue weighted by Gasteiger charge is -2.09. The van der Waals surface area contributed by atoms with Crippen molar-refractivity contribution in [2.45, 2.75) is 6.42 Å². The largest absolute Gasteiger partial charge is 0.497 e. The molecule has 0 aliphatic rings. The van der Waals surface area contributed by atoms with E-state index < -0.39 is 0 Å². The number of carbonyl (C=O) groups excluding carboxylic acids is 1. The smallest absolute Gasteiger partial charge is 0.310 e. The number of aromatic nitrogens is 1. The van der Waals surface area contributed by atoms with E-state index in [0.717, 1.165) is 22.2 Å². The summed E-state index contributed by atoms with van der Waals surface area (Å²) in [5, 5.41) is 1.01. The summed E-state index contributed by atoms with van der Waals surface area (Å²) in [5.74, 6) is 1.18. The SMILES string of the molecule is COc1ccc(OCCOC(=O)Cc2cccc3cccnc23)cc1. The van der Waals surface area contributed by atoms with Gasteiger partial charge in [0.2, 0.25) is 0 Å². The van der Waals surface area contributed by atoms with Crippen LogP contribution in [0.25, 0.3) is 10.9 Å². The van der Waals surface area contributed by atoms with Crippen LogP contribution in [0.1, 0.15) is 5.56 Å². The highest BCUT2D eigenvalue weighted by Crippen LogP contribution is 2.18. The minimum atomic E-state index is -0.295. The number of nitrogens with zero attached hydrogens (tertiary/aromatic N) is 1. The van der Waals surface area contributed by atoms with E-state index in [1.165, 1.54) is 0 Å². The van der Waals surface area contributed by atoms with Crippen molar-refractivity contribution < 1.29 is 19.0 Å². The number of para-hydroxylation sites is 1. The fourth-order valence-electron chi connectivity index (χ4n) is 2.50. The fourth-order valence-corrected chi connectivity index (χ4v) is 2.50. The van der Waals surface area contributed by atoms with Crippen molar-refractivity contribution in [2.24, 2.45) is 0 Å². The Hall–Kier alpha value is -3.08. The molecular formula is C20H19NO4. The number of benzene rings is 2. The molecule has 0 saturated heterocycles. The molecule has 0 N–H and O–H groups in total. The molecule has 0 fully saturated rings. The lowest BCUT2D eigenvalue weighted by molar-refractivity contribution is -0.143. The molecule has 0 aliphatic heterocycles. The molecule has 0 amide bonds. The maximum absolute atomic E-state index is 12.0. The van der Waals surface area contributed by atoms with Crippen LogP contribution in [-0.4, -0.2) is 31.3 Å². The van der Waals surface area contributed by atoms with Crippen molar-refractivity contribution in [2.75, 3.05) is 20.3 Å². The number of carbonyl (C=O) groups is 1. The normalized spacial score (nSPS) is 10.4. The Balaban J connectivity index is 1.47. The molecule has 128 valence electrons. The number of ether oxygens (including phenoxy) is 3. The fraction of sp³-hybridized carbons (Fsp3) is 0.200. The summed E-state index contributed by atoms with van der Waals surface area (Å²) in [6, 6.07) is 16.9. The number of hydrogen-bond acceptors (Lipinski definition) is 5. The van der Waals surface area contributed by atoms with Gasteiger partial charge in [0.1, 0.15) is 24.7 Å². The number of esters is 1. The van der Waals surface area contributed by atoms with Crippen LogP contribution < -0.4 is 9.47 Å². The third-order valence-corrected chi connectivity index (χ3v) is 3.73. The summed E-state index contributed by atoms with van der Waals surface area (Å²) < 4.78 is 15.9. The van der Waals surface area contributed by atoms with Gasteiger partial charge in [0.05, 0.1) is 19.0 Å². The number of hydrogen-bond donors (Lipinski definition) is 0. The molecule has 5 nitrogen and oxygen atoms in total. The summed E-state index contributed by atoms with van der Waals surface area (Å²) in [4.78, 5) is 16.4. The van der Waals surface area contributed by atoms with Gasteiger partial charge < -0.3 is 14.2 Å². The van der Waals surface area contributed by atoms with Gasteiger partial charge in [0, 0.05) is 11.6 Å². The van der Waals surface area contributed by atoms with Crippen molar-refractivity contribution in [3.63, 3.8) is 0 Å². The quantitative estimate of drug-likeness (QED) is 0.488. The van der Waals surface area contributed by atoms with Crippen molar-refractivity contribution in [1.29, 1.82) is 0 Å². The Morgan fingerprint density at radius 1 is 0.960 bits per heavy atom. The van der Waals surface area contributed by atoms with E-state index in [9.17, 15) is 4.79 Å². The maximum Gasteiger partial charge on any atom is 0.310 e. The molecule has 25 heavy (non-hydrogen) atoms. The molecule has 0 bridgehead atoms. The number of pyridine rings is 1. The molecule has 0 saturated carbocycles. The summed E-state index contributed by atoms with van der Waals surface area (Å²) in [6.45, 7) is 0.495. The highest BCUT2D eigenvalue weighted by molar-refractivity contribution is 5.85. The Bertz CT molecular complexity index is 840. The van der Waals surface area contributed by atoms with Gasteiger partial charge in [-0.05, 0) is 35.9 Å². The van der Waals surface area contributed by atoms with Gasteiger partial charge in [-0.2, -0.15) is 0 Å². The lowest BCUT2D eigenvalue weighted by Crippen LogP contribution is -2.14. The van der Waals surface area contributed by atoms with E-state index in [1.54, 1.807) is 13.3 Å². The van der Waals surface area contributed by atoms with Crippen molar-refractivity contribution >= 4 is 16.9 Å². The molecule has 5 heteroatoms.